The van der Waals surface area contributed by atoms with E-state index in [-0.39, 0.29) is 11.5 Å². The highest BCUT2D eigenvalue weighted by Crippen LogP contribution is 2.31. The number of carboxylic acid groups (broad SMARTS) is 1. The molecule has 0 bridgehead atoms. The van der Waals surface area contributed by atoms with Gasteiger partial charge in [0.15, 0.2) is 0 Å². The van der Waals surface area contributed by atoms with Gasteiger partial charge in [0.25, 0.3) is 0 Å². The highest BCUT2D eigenvalue weighted by atomic mass is 16.5. The van der Waals surface area contributed by atoms with Crippen LogP contribution in [0.1, 0.15) is 68.8 Å². The Labute approximate surface area is 126 Å². The molecule has 0 fully saturated rings. The zero-order valence-corrected chi connectivity index (χ0v) is 13.2. The fourth-order valence-electron chi connectivity index (χ4n) is 2.62. The van der Waals surface area contributed by atoms with Gasteiger partial charge in [-0.15, -0.1) is 0 Å². The maximum absolute atomic E-state index is 11.4. The Morgan fingerprint density at radius 3 is 2.33 bits per heavy atom. The topological polar surface area (TPSA) is 63.6 Å². The maximum Gasteiger partial charge on any atom is 0.335 e. The fraction of sp³-hybridized carbons (Fsp3) is 0.529. The predicted molar refractivity (Wildman–Crippen MR) is 81.8 cm³/mol. The summed E-state index contributed by atoms with van der Waals surface area (Å²) in [5.41, 5.74) is 1.01. The van der Waals surface area contributed by atoms with Crippen molar-refractivity contribution in [1.82, 2.24) is 0 Å². The normalized spacial score (nSPS) is 12.2. The SMILES string of the molecule is CCC(CC)C[C@@H](C)c1cc(OC(C)=O)ccc1C(=O)O. The first-order valence-corrected chi connectivity index (χ1v) is 7.44. The van der Waals surface area contributed by atoms with Crippen LogP contribution in [-0.2, 0) is 4.79 Å². The van der Waals surface area contributed by atoms with Crippen LogP contribution in [-0.4, -0.2) is 17.0 Å². The van der Waals surface area contributed by atoms with E-state index in [2.05, 4.69) is 13.8 Å². The number of hydrogen-bond acceptors (Lipinski definition) is 3. The summed E-state index contributed by atoms with van der Waals surface area (Å²) in [5, 5.41) is 9.33. The van der Waals surface area contributed by atoms with Gasteiger partial charge < -0.3 is 9.84 Å². The Balaban J connectivity index is 3.10. The average molecular weight is 292 g/mol. The molecule has 4 nitrogen and oxygen atoms in total. The third-order valence-electron chi connectivity index (χ3n) is 3.89. The minimum absolute atomic E-state index is 0.108. The fourth-order valence-corrected chi connectivity index (χ4v) is 2.62. The first-order chi connectivity index (χ1) is 9.88. The largest absolute Gasteiger partial charge is 0.478 e. The number of rotatable bonds is 7. The van der Waals surface area contributed by atoms with Crippen LogP contribution in [0, 0.1) is 5.92 Å². The molecule has 0 aliphatic rings. The van der Waals surface area contributed by atoms with E-state index in [1.54, 1.807) is 6.07 Å². The zero-order chi connectivity index (χ0) is 16.0. The number of carboxylic acids is 1. The van der Waals surface area contributed by atoms with E-state index >= 15 is 0 Å². The van der Waals surface area contributed by atoms with Gasteiger partial charge in [0, 0.05) is 6.92 Å². The first kappa shape index (κ1) is 17.2. The van der Waals surface area contributed by atoms with Gasteiger partial charge in [0.2, 0.25) is 0 Å². The second-order valence-corrected chi connectivity index (χ2v) is 5.47. The molecule has 1 aromatic carbocycles. The second kappa shape index (κ2) is 7.81. The molecule has 1 atom stereocenters. The van der Waals surface area contributed by atoms with Gasteiger partial charge in [-0.3, -0.25) is 4.79 Å². The van der Waals surface area contributed by atoms with Crippen molar-refractivity contribution in [3.63, 3.8) is 0 Å². The molecule has 0 unspecified atom stereocenters. The van der Waals surface area contributed by atoms with Crippen molar-refractivity contribution >= 4 is 11.9 Å². The Hall–Kier alpha value is -1.84. The van der Waals surface area contributed by atoms with E-state index in [0.717, 1.165) is 24.8 Å². The smallest absolute Gasteiger partial charge is 0.335 e. The molecule has 116 valence electrons. The zero-order valence-electron chi connectivity index (χ0n) is 13.2. The van der Waals surface area contributed by atoms with Crippen LogP contribution in [0.25, 0.3) is 0 Å². The molecule has 0 spiro atoms. The van der Waals surface area contributed by atoms with Gasteiger partial charge in [-0.05, 0) is 42.0 Å². The lowest BCUT2D eigenvalue weighted by Crippen LogP contribution is -2.10. The van der Waals surface area contributed by atoms with Crippen molar-refractivity contribution in [2.45, 2.75) is 52.9 Å². The molecule has 1 rings (SSSR count). The van der Waals surface area contributed by atoms with Crippen LogP contribution in [0.15, 0.2) is 18.2 Å². The van der Waals surface area contributed by atoms with Crippen LogP contribution in [0.3, 0.4) is 0 Å². The van der Waals surface area contributed by atoms with Gasteiger partial charge in [0.05, 0.1) is 5.56 Å². The lowest BCUT2D eigenvalue weighted by Gasteiger charge is -2.20. The molecule has 1 aromatic rings. The number of ether oxygens (including phenoxy) is 1. The summed E-state index contributed by atoms with van der Waals surface area (Å²) in [6.07, 6.45) is 3.08. The highest BCUT2D eigenvalue weighted by Gasteiger charge is 2.19. The molecule has 0 saturated carbocycles. The molecule has 0 amide bonds. The number of hydrogen-bond donors (Lipinski definition) is 1. The summed E-state index contributed by atoms with van der Waals surface area (Å²) in [7, 11) is 0. The van der Waals surface area contributed by atoms with Crippen LogP contribution in [0.2, 0.25) is 0 Å². The van der Waals surface area contributed by atoms with Crippen molar-refractivity contribution in [2.75, 3.05) is 0 Å². The molecular formula is C17H24O4. The van der Waals surface area contributed by atoms with Crippen LogP contribution in [0.5, 0.6) is 5.75 Å². The average Bonchev–Trinajstić information content (AvgIpc) is 2.43. The van der Waals surface area contributed by atoms with Gasteiger partial charge in [-0.25, -0.2) is 4.79 Å². The molecule has 0 heterocycles. The second-order valence-electron chi connectivity index (χ2n) is 5.47. The lowest BCUT2D eigenvalue weighted by atomic mass is 9.85. The maximum atomic E-state index is 11.4. The molecule has 0 aromatic heterocycles. The number of aromatic carboxylic acids is 1. The molecule has 0 aliphatic heterocycles. The molecule has 0 radical (unpaired) electrons. The van der Waals surface area contributed by atoms with Crippen LogP contribution >= 0.6 is 0 Å². The highest BCUT2D eigenvalue weighted by molar-refractivity contribution is 5.90. The van der Waals surface area contributed by atoms with Crippen molar-refractivity contribution in [3.05, 3.63) is 29.3 Å². The van der Waals surface area contributed by atoms with Gasteiger partial charge in [-0.2, -0.15) is 0 Å². The van der Waals surface area contributed by atoms with E-state index in [0.29, 0.717) is 11.7 Å². The van der Waals surface area contributed by atoms with Gasteiger partial charge in [0.1, 0.15) is 5.75 Å². The summed E-state index contributed by atoms with van der Waals surface area (Å²) in [6, 6.07) is 4.72. The first-order valence-electron chi connectivity index (χ1n) is 7.44. The van der Waals surface area contributed by atoms with Crippen molar-refractivity contribution < 1.29 is 19.4 Å². The quantitative estimate of drug-likeness (QED) is 0.603. The van der Waals surface area contributed by atoms with Crippen molar-refractivity contribution in [2.24, 2.45) is 5.92 Å². The van der Waals surface area contributed by atoms with Crippen molar-refractivity contribution in [3.8, 4) is 5.75 Å². The number of benzene rings is 1. The van der Waals surface area contributed by atoms with E-state index in [4.69, 9.17) is 4.74 Å². The third kappa shape index (κ3) is 4.88. The Bertz CT molecular complexity index is 504. The number of carbonyl (C=O) groups is 2. The van der Waals surface area contributed by atoms with Gasteiger partial charge >= 0.3 is 11.9 Å². The molecular weight excluding hydrogens is 268 g/mol. The monoisotopic (exact) mass is 292 g/mol. The van der Waals surface area contributed by atoms with E-state index < -0.39 is 11.9 Å². The van der Waals surface area contributed by atoms with E-state index in [1.165, 1.54) is 19.1 Å². The summed E-state index contributed by atoms with van der Waals surface area (Å²) in [6.45, 7) is 7.65. The summed E-state index contributed by atoms with van der Waals surface area (Å²) in [4.78, 5) is 22.4. The number of esters is 1. The van der Waals surface area contributed by atoms with Crippen LogP contribution < -0.4 is 4.74 Å². The molecule has 0 saturated heterocycles. The van der Waals surface area contributed by atoms with E-state index in [9.17, 15) is 14.7 Å². The van der Waals surface area contributed by atoms with Crippen LogP contribution in [0.4, 0.5) is 0 Å². The Morgan fingerprint density at radius 2 is 1.86 bits per heavy atom. The third-order valence-corrected chi connectivity index (χ3v) is 3.89. The molecule has 21 heavy (non-hydrogen) atoms. The Morgan fingerprint density at radius 1 is 1.24 bits per heavy atom. The Kier molecular flexibility index (Phi) is 6.40. The summed E-state index contributed by atoms with van der Waals surface area (Å²) < 4.78 is 5.07. The molecule has 1 N–H and O–H groups in total. The minimum Gasteiger partial charge on any atom is -0.478 e. The summed E-state index contributed by atoms with van der Waals surface area (Å²) >= 11 is 0. The number of carbonyl (C=O) groups excluding carboxylic acids is 1. The predicted octanol–water partition coefficient (Wildman–Crippen LogP) is 4.24. The van der Waals surface area contributed by atoms with Crippen molar-refractivity contribution in [1.29, 1.82) is 0 Å². The van der Waals surface area contributed by atoms with E-state index in [1.807, 2.05) is 6.92 Å². The molecule has 0 aliphatic carbocycles. The lowest BCUT2D eigenvalue weighted by molar-refractivity contribution is -0.131. The minimum atomic E-state index is -0.948. The summed E-state index contributed by atoms with van der Waals surface area (Å²) in [5.74, 6) is -0.276. The van der Waals surface area contributed by atoms with Gasteiger partial charge in [-0.1, -0.05) is 33.6 Å². The standard InChI is InChI=1S/C17H24O4/c1-5-13(6-2)9-11(3)16-10-14(21-12(4)18)7-8-15(16)17(19)20/h7-8,10-11,13H,5-6,9H2,1-4H3,(H,19,20)/t11-/m1/s1. The molecule has 4 heteroatoms.